The number of carbonyl (C=O) groups excluding carboxylic acids is 1. The van der Waals surface area contributed by atoms with Gasteiger partial charge >= 0.3 is 0 Å². The van der Waals surface area contributed by atoms with Crippen molar-refractivity contribution in [3.63, 3.8) is 0 Å². The molecular weight excluding hydrogens is 194 g/mol. The third kappa shape index (κ3) is 4.18. The third-order valence-electron chi connectivity index (χ3n) is 2.52. The van der Waals surface area contributed by atoms with Crippen LogP contribution in [0.1, 0.15) is 32.1 Å². The van der Waals surface area contributed by atoms with Crippen molar-refractivity contribution >= 4 is 18.5 Å². The third-order valence-corrected chi connectivity index (χ3v) is 2.73. The summed E-state index contributed by atoms with van der Waals surface area (Å²) in [5.74, 6) is 1.07. The molecule has 0 aromatic heterocycles. The van der Waals surface area contributed by atoms with Gasteiger partial charge in [0, 0.05) is 25.3 Å². The zero-order valence-corrected chi connectivity index (χ0v) is 9.51. The Bertz CT molecular complexity index is 203. The van der Waals surface area contributed by atoms with Gasteiger partial charge in [-0.1, -0.05) is 25.0 Å². The summed E-state index contributed by atoms with van der Waals surface area (Å²) in [5, 5.41) is 0. The van der Waals surface area contributed by atoms with E-state index in [0.29, 0.717) is 5.91 Å². The first kappa shape index (κ1) is 11.6. The second-order valence-corrected chi connectivity index (χ2v) is 4.02. The Kier molecular flexibility index (Phi) is 5.76. The van der Waals surface area contributed by atoms with Crippen LogP contribution in [0.25, 0.3) is 0 Å². The van der Waals surface area contributed by atoms with Crippen molar-refractivity contribution in [2.75, 3.05) is 18.8 Å². The monoisotopic (exact) mass is 213 g/mol. The van der Waals surface area contributed by atoms with Gasteiger partial charge in [-0.05, 0) is 12.8 Å². The molecule has 0 unspecified atom stereocenters. The highest BCUT2D eigenvalue weighted by atomic mass is 32.1. The molecule has 0 atom stereocenters. The lowest BCUT2D eigenvalue weighted by molar-refractivity contribution is -0.131. The number of hydrogen-bond donors (Lipinski definition) is 1. The Hall–Kier alpha value is -0.440. The number of rotatable bonds is 3. The van der Waals surface area contributed by atoms with Crippen LogP contribution in [0.3, 0.4) is 0 Å². The van der Waals surface area contributed by atoms with Crippen molar-refractivity contribution in [1.29, 1.82) is 0 Å². The molecule has 1 amide bonds. The van der Waals surface area contributed by atoms with E-state index in [0.717, 1.165) is 38.1 Å². The van der Waals surface area contributed by atoms with E-state index < -0.39 is 0 Å². The Morgan fingerprint density at radius 1 is 1.21 bits per heavy atom. The van der Waals surface area contributed by atoms with E-state index in [2.05, 4.69) is 12.6 Å². The normalized spacial score (nSPS) is 19.8. The summed E-state index contributed by atoms with van der Waals surface area (Å²) in [6.07, 6.45) is 9.45. The van der Waals surface area contributed by atoms with Gasteiger partial charge in [0.15, 0.2) is 0 Å². The van der Waals surface area contributed by atoms with E-state index in [1.165, 1.54) is 12.8 Å². The van der Waals surface area contributed by atoms with Crippen LogP contribution in [0.5, 0.6) is 0 Å². The van der Waals surface area contributed by atoms with Gasteiger partial charge in [0.1, 0.15) is 0 Å². The van der Waals surface area contributed by atoms with Crippen molar-refractivity contribution in [3.8, 4) is 0 Å². The van der Waals surface area contributed by atoms with Crippen LogP contribution >= 0.6 is 12.6 Å². The molecule has 14 heavy (non-hydrogen) atoms. The molecule has 0 aromatic rings. The van der Waals surface area contributed by atoms with Crippen molar-refractivity contribution in [2.24, 2.45) is 0 Å². The highest BCUT2D eigenvalue weighted by Crippen LogP contribution is 2.11. The van der Waals surface area contributed by atoms with Gasteiger partial charge in [-0.15, -0.1) is 0 Å². The first-order chi connectivity index (χ1) is 6.84. The summed E-state index contributed by atoms with van der Waals surface area (Å²) in [5.41, 5.74) is 0. The van der Waals surface area contributed by atoms with Crippen LogP contribution in [0.4, 0.5) is 0 Å². The van der Waals surface area contributed by atoms with E-state index in [-0.39, 0.29) is 0 Å². The van der Waals surface area contributed by atoms with Crippen LogP contribution in [-0.4, -0.2) is 29.6 Å². The van der Waals surface area contributed by atoms with Crippen LogP contribution in [0.15, 0.2) is 12.2 Å². The fourth-order valence-electron chi connectivity index (χ4n) is 1.68. The molecule has 0 N–H and O–H groups in total. The van der Waals surface area contributed by atoms with Crippen LogP contribution < -0.4 is 0 Å². The van der Waals surface area contributed by atoms with Crippen LogP contribution in [0, 0.1) is 0 Å². The highest BCUT2D eigenvalue weighted by Gasteiger charge is 2.13. The van der Waals surface area contributed by atoms with Gasteiger partial charge in [-0.3, -0.25) is 4.79 Å². The molecule has 1 saturated heterocycles. The Balaban J connectivity index is 2.37. The molecule has 80 valence electrons. The Labute approximate surface area is 91.8 Å². The summed E-state index contributed by atoms with van der Waals surface area (Å²) < 4.78 is 0. The first-order valence-corrected chi connectivity index (χ1v) is 6.01. The quantitative estimate of drug-likeness (QED) is 0.563. The predicted molar refractivity (Wildman–Crippen MR) is 62.7 cm³/mol. The maximum atomic E-state index is 11.6. The van der Waals surface area contributed by atoms with Crippen molar-refractivity contribution in [3.05, 3.63) is 12.2 Å². The van der Waals surface area contributed by atoms with Crippen molar-refractivity contribution in [2.45, 2.75) is 32.1 Å². The minimum Gasteiger partial charge on any atom is -0.339 e. The van der Waals surface area contributed by atoms with Crippen LogP contribution in [0.2, 0.25) is 0 Å². The standard InChI is InChI=1S/C11H19NOS/c13-11-7-3-1-2-4-8-12(11)9-5-6-10-14/h5-6,14H,1-4,7-10H2/b6-5+. The molecule has 0 bridgehead atoms. The minimum atomic E-state index is 0.313. The fraction of sp³-hybridized carbons (Fsp3) is 0.727. The molecule has 0 aromatic carbocycles. The van der Waals surface area contributed by atoms with Crippen LogP contribution in [-0.2, 0) is 4.79 Å². The molecule has 0 saturated carbocycles. The zero-order chi connectivity index (χ0) is 10.2. The molecule has 1 aliphatic heterocycles. The largest absolute Gasteiger partial charge is 0.339 e. The molecule has 1 rings (SSSR count). The number of nitrogens with zero attached hydrogens (tertiary/aromatic N) is 1. The van der Waals surface area contributed by atoms with Gasteiger partial charge in [-0.25, -0.2) is 0 Å². The average Bonchev–Trinajstić information content (AvgIpc) is 2.17. The van der Waals surface area contributed by atoms with E-state index in [1.807, 2.05) is 17.1 Å². The molecule has 3 heteroatoms. The van der Waals surface area contributed by atoms with E-state index in [1.54, 1.807) is 0 Å². The average molecular weight is 213 g/mol. The number of thiol groups is 1. The second kappa shape index (κ2) is 6.93. The summed E-state index contributed by atoms with van der Waals surface area (Å²) in [6.45, 7) is 1.69. The number of hydrogen-bond acceptors (Lipinski definition) is 2. The van der Waals surface area contributed by atoms with E-state index in [9.17, 15) is 4.79 Å². The fourth-order valence-corrected chi connectivity index (χ4v) is 1.83. The van der Waals surface area contributed by atoms with Gasteiger partial charge in [-0.2, -0.15) is 12.6 Å². The van der Waals surface area contributed by atoms with E-state index in [4.69, 9.17) is 0 Å². The van der Waals surface area contributed by atoms with Gasteiger partial charge in [0.05, 0.1) is 0 Å². The summed E-state index contributed by atoms with van der Waals surface area (Å²) in [7, 11) is 0. The second-order valence-electron chi connectivity index (χ2n) is 3.66. The lowest BCUT2D eigenvalue weighted by Gasteiger charge is -2.23. The van der Waals surface area contributed by atoms with Gasteiger partial charge in [0.25, 0.3) is 0 Å². The number of amides is 1. The maximum absolute atomic E-state index is 11.6. The molecule has 0 aliphatic carbocycles. The van der Waals surface area contributed by atoms with Gasteiger partial charge in [0.2, 0.25) is 5.91 Å². The molecule has 0 spiro atoms. The smallest absolute Gasteiger partial charge is 0.222 e. The van der Waals surface area contributed by atoms with Gasteiger partial charge < -0.3 is 4.90 Å². The lowest BCUT2D eigenvalue weighted by Crippen LogP contribution is -2.32. The minimum absolute atomic E-state index is 0.313. The Morgan fingerprint density at radius 2 is 2.00 bits per heavy atom. The lowest BCUT2D eigenvalue weighted by atomic mass is 10.1. The van der Waals surface area contributed by atoms with Crippen molar-refractivity contribution < 1.29 is 4.79 Å². The van der Waals surface area contributed by atoms with Crippen molar-refractivity contribution in [1.82, 2.24) is 4.90 Å². The predicted octanol–water partition coefficient (Wildman–Crippen LogP) is 2.27. The molecule has 1 fully saturated rings. The summed E-state index contributed by atoms with van der Waals surface area (Å²) in [4.78, 5) is 13.6. The summed E-state index contributed by atoms with van der Waals surface area (Å²) in [6, 6.07) is 0. The topological polar surface area (TPSA) is 20.3 Å². The molecule has 1 aliphatic rings. The number of likely N-dealkylation sites (tertiary alicyclic amines) is 1. The Morgan fingerprint density at radius 3 is 2.79 bits per heavy atom. The molecule has 2 nitrogen and oxygen atoms in total. The first-order valence-electron chi connectivity index (χ1n) is 5.38. The van der Waals surface area contributed by atoms with E-state index >= 15 is 0 Å². The molecular formula is C11H19NOS. The maximum Gasteiger partial charge on any atom is 0.222 e. The molecule has 0 radical (unpaired) electrons. The summed E-state index contributed by atoms with van der Waals surface area (Å²) >= 11 is 4.09. The SMILES string of the molecule is O=C1CCCCCCN1C/C=C/CS. The highest BCUT2D eigenvalue weighted by molar-refractivity contribution is 7.80. The number of carbonyl (C=O) groups is 1. The molecule has 1 heterocycles. The zero-order valence-electron chi connectivity index (χ0n) is 8.61.